The highest BCUT2D eigenvalue weighted by atomic mass is 16.5. The standard InChI is InChI=1S/C20H21N3O/c1-13-5-7-15(8-6-13)16-9-10-18-17(11-16)19(23-20(21)22-18)24-12-14-3-2-4-14/h5-11,14H,2-4,12H2,1H3,(H2,21,22,23). The first kappa shape index (κ1) is 14.9. The number of nitrogen functional groups attached to an aromatic ring is 1. The van der Waals surface area contributed by atoms with Gasteiger partial charge in [-0.05, 0) is 48.9 Å². The van der Waals surface area contributed by atoms with E-state index in [9.17, 15) is 0 Å². The van der Waals surface area contributed by atoms with Crippen LogP contribution in [0.4, 0.5) is 5.95 Å². The van der Waals surface area contributed by atoms with Crippen molar-refractivity contribution in [3.05, 3.63) is 48.0 Å². The van der Waals surface area contributed by atoms with Crippen molar-refractivity contribution >= 4 is 16.9 Å². The average Bonchev–Trinajstić information content (AvgIpc) is 2.53. The maximum absolute atomic E-state index is 5.98. The summed E-state index contributed by atoms with van der Waals surface area (Å²) < 4.78 is 5.98. The van der Waals surface area contributed by atoms with Crippen LogP contribution in [0.2, 0.25) is 0 Å². The lowest BCUT2D eigenvalue weighted by Crippen LogP contribution is -2.19. The molecule has 0 radical (unpaired) electrons. The average molecular weight is 319 g/mol. The molecule has 2 aromatic carbocycles. The molecule has 1 saturated carbocycles. The second-order valence-corrected chi connectivity index (χ2v) is 6.59. The summed E-state index contributed by atoms with van der Waals surface area (Å²) in [4.78, 5) is 8.66. The molecule has 1 aliphatic rings. The molecule has 4 heteroatoms. The molecule has 0 amide bonds. The fourth-order valence-electron chi connectivity index (χ4n) is 3.01. The third kappa shape index (κ3) is 2.92. The fourth-order valence-corrected chi connectivity index (χ4v) is 3.01. The molecule has 2 N–H and O–H groups in total. The molecule has 0 spiro atoms. The lowest BCUT2D eigenvalue weighted by Gasteiger charge is -2.25. The number of ether oxygens (including phenoxy) is 1. The van der Waals surface area contributed by atoms with Crippen LogP contribution in [-0.2, 0) is 0 Å². The van der Waals surface area contributed by atoms with Crippen LogP contribution >= 0.6 is 0 Å². The van der Waals surface area contributed by atoms with Crippen LogP contribution in [0.1, 0.15) is 24.8 Å². The van der Waals surface area contributed by atoms with Crippen LogP contribution in [-0.4, -0.2) is 16.6 Å². The monoisotopic (exact) mass is 319 g/mol. The van der Waals surface area contributed by atoms with E-state index in [4.69, 9.17) is 10.5 Å². The molecule has 1 heterocycles. The summed E-state index contributed by atoms with van der Waals surface area (Å²) in [5, 5.41) is 0.918. The minimum Gasteiger partial charge on any atom is -0.477 e. The predicted octanol–water partition coefficient (Wildman–Crippen LogP) is 4.37. The first-order chi connectivity index (χ1) is 11.7. The summed E-state index contributed by atoms with van der Waals surface area (Å²) in [7, 11) is 0. The van der Waals surface area contributed by atoms with E-state index in [2.05, 4.69) is 53.3 Å². The van der Waals surface area contributed by atoms with Crippen LogP contribution in [0.15, 0.2) is 42.5 Å². The highest BCUT2D eigenvalue weighted by Crippen LogP contribution is 2.31. The van der Waals surface area contributed by atoms with Gasteiger partial charge in [-0.1, -0.05) is 42.3 Å². The zero-order valence-electron chi connectivity index (χ0n) is 13.8. The smallest absolute Gasteiger partial charge is 0.226 e. The van der Waals surface area contributed by atoms with Gasteiger partial charge in [0.2, 0.25) is 11.8 Å². The molecule has 4 rings (SSSR count). The van der Waals surface area contributed by atoms with E-state index in [-0.39, 0.29) is 5.95 Å². The number of nitrogens with two attached hydrogens (primary N) is 1. The molecule has 0 aliphatic heterocycles. The van der Waals surface area contributed by atoms with E-state index in [0.29, 0.717) is 18.4 Å². The Balaban J connectivity index is 1.72. The zero-order chi connectivity index (χ0) is 16.5. The Morgan fingerprint density at radius 2 is 1.79 bits per heavy atom. The molecule has 1 fully saturated rings. The zero-order valence-corrected chi connectivity index (χ0v) is 13.8. The third-order valence-electron chi connectivity index (χ3n) is 4.74. The number of rotatable bonds is 4. The van der Waals surface area contributed by atoms with Gasteiger partial charge in [0.25, 0.3) is 0 Å². The molecule has 0 atom stereocenters. The van der Waals surface area contributed by atoms with Gasteiger partial charge in [-0.2, -0.15) is 4.98 Å². The molecular formula is C20H21N3O. The number of benzene rings is 2. The lowest BCUT2D eigenvalue weighted by atomic mass is 9.86. The number of anilines is 1. The highest BCUT2D eigenvalue weighted by Gasteiger charge is 2.19. The van der Waals surface area contributed by atoms with Crippen molar-refractivity contribution in [2.24, 2.45) is 5.92 Å². The van der Waals surface area contributed by atoms with Crippen molar-refractivity contribution in [2.75, 3.05) is 12.3 Å². The van der Waals surface area contributed by atoms with E-state index in [0.717, 1.165) is 16.5 Å². The number of aryl methyl sites for hydroxylation is 1. The van der Waals surface area contributed by atoms with Crippen molar-refractivity contribution in [3.63, 3.8) is 0 Å². The molecule has 3 aromatic rings. The largest absolute Gasteiger partial charge is 0.477 e. The topological polar surface area (TPSA) is 61.0 Å². The molecule has 1 aromatic heterocycles. The Kier molecular flexibility index (Phi) is 3.81. The van der Waals surface area contributed by atoms with Gasteiger partial charge in [-0.25, -0.2) is 4.98 Å². The Morgan fingerprint density at radius 3 is 2.50 bits per heavy atom. The molecule has 0 saturated heterocycles. The number of nitrogens with zero attached hydrogens (tertiary/aromatic N) is 2. The Bertz CT molecular complexity index is 870. The molecule has 4 nitrogen and oxygen atoms in total. The predicted molar refractivity (Wildman–Crippen MR) is 97.0 cm³/mol. The SMILES string of the molecule is Cc1ccc(-c2ccc3nc(N)nc(OCC4CCC4)c3c2)cc1. The molecule has 24 heavy (non-hydrogen) atoms. The Labute approximate surface area is 141 Å². The molecule has 1 aliphatic carbocycles. The van der Waals surface area contributed by atoms with Crippen LogP contribution in [0, 0.1) is 12.8 Å². The fraction of sp³-hybridized carbons (Fsp3) is 0.300. The van der Waals surface area contributed by atoms with Gasteiger partial charge in [0.15, 0.2) is 0 Å². The summed E-state index contributed by atoms with van der Waals surface area (Å²) in [6, 6.07) is 14.6. The van der Waals surface area contributed by atoms with Crippen LogP contribution in [0.25, 0.3) is 22.0 Å². The van der Waals surface area contributed by atoms with E-state index in [1.54, 1.807) is 0 Å². The molecule has 0 unspecified atom stereocenters. The van der Waals surface area contributed by atoms with Crippen molar-refractivity contribution in [1.29, 1.82) is 0 Å². The molecular weight excluding hydrogens is 298 g/mol. The van der Waals surface area contributed by atoms with Crippen molar-refractivity contribution in [1.82, 2.24) is 9.97 Å². The second-order valence-electron chi connectivity index (χ2n) is 6.59. The number of aromatic nitrogens is 2. The van der Waals surface area contributed by atoms with Gasteiger partial charge in [0, 0.05) is 0 Å². The van der Waals surface area contributed by atoms with E-state index in [1.165, 1.54) is 30.4 Å². The first-order valence-corrected chi connectivity index (χ1v) is 8.46. The second kappa shape index (κ2) is 6.11. The van der Waals surface area contributed by atoms with Crippen molar-refractivity contribution < 1.29 is 4.74 Å². The molecule has 122 valence electrons. The number of fused-ring (bicyclic) bond motifs is 1. The summed E-state index contributed by atoms with van der Waals surface area (Å²) in [6.07, 6.45) is 3.79. The normalized spacial score (nSPS) is 14.5. The van der Waals surface area contributed by atoms with Crippen LogP contribution < -0.4 is 10.5 Å². The summed E-state index contributed by atoms with van der Waals surface area (Å²) in [5.74, 6) is 1.50. The number of hydrogen-bond acceptors (Lipinski definition) is 4. The van der Waals surface area contributed by atoms with Gasteiger partial charge in [-0.3, -0.25) is 0 Å². The Hall–Kier alpha value is -2.62. The van der Waals surface area contributed by atoms with Crippen LogP contribution in [0.5, 0.6) is 5.88 Å². The first-order valence-electron chi connectivity index (χ1n) is 8.46. The van der Waals surface area contributed by atoms with Crippen molar-refractivity contribution in [2.45, 2.75) is 26.2 Å². The maximum atomic E-state index is 5.98. The minimum atomic E-state index is 0.259. The van der Waals surface area contributed by atoms with Gasteiger partial charge >= 0.3 is 0 Å². The summed E-state index contributed by atoms with van der Waals surface area (Å²) in [5.41, 5.74) is 10.2. The molecule has 0 bridgehead atoms. The van der Waals surface area contributed by atoms with Gasteiger partial charge in [0.05, 0.1) is 17.5 Å². The number of hydrogen-bond donors (Lipinski definition) is 1. The van der Waals surface area contributed by atoms with Gasteiger partial charge < -0.3 is 10.5 Å². The third-order valence-corrected chi connectivity index (χ3v) is 4.74. The minimum absolute atomic E-state index is 0.259. The van der Waals surface area contributed by atoms with Crippen LogP contribution in [0.3, 0.4) is 0 Å². The maximum Gasteiger partial charge on any atom is 0.226 e. The Morgan fingerprint density at radius 1 is 1.04 bits per heavy atom. The highest BCUT2D eigenvalue weighted by molar-refractivity contribution is 5.89. The van der Waals surface area contributed by atoms with E-state index >= 15 is 0 Å². The van der Waals surface area contributed by atoms with Gasteiger partial charge in [0.1, 0.15) is 0 Å². The van der Waals surface area contributed by atoms with E-state index < -0.39 is 0 Å². The summed E-state index contributed by atoms with van der Waals surface area (Å²) >= 11 is 0. The van der Waals surface area contributed by atoms with Gasteiger partial charge in [-0.15, -0.1) is 0 Å². The quantitative estimate of drug-likeness (QED) is 0.776. The van der Waals surface area contributed by atoms with Crippen molar-refractivity contribution in [3.8, 4) is 17.0 Å². The summed E-state index contributed by atoms with van der Waals surface area (Å²) in [6.45, 7) is 2.80. The lowest BCUT2D eigenvalue weighted by molar-refractivity contribution is 0.177. The van der Waals surface area contributed by atoms with E-state index in [1.807, 2.05) is 6.07 Å².